The van der Waals surface area contributed by atoms with Crippen LogP contribution in [0.4, 0.5) is 4.79 Å². The fraction of sp³-hybridized carbons (Fsp3) is 0.302. The average Bonchev–Trinajstić information content (AvgIpc) is 4.05. The number of carboxylic acid groups (broad SMARTS) is 2. The van der Waals surface area contributed by atoms with Gasteiger partial charge in [0, 0.05) is 51.7 Å². The highest BCUT2D eigenvalue weighted by Gasteiger charge is 2.29. The van der Waals surface area contributed by atoms with Crippen molar-refractivity contribution >= 4 is 41.1 Å². The van der Waals surface area contributed by atoms with E-state index >= 15 is 0 Å². The van der Waals surface area contributed by atoms with Crippen molar-refractivity contribution in [2.24, 2.45) is 0 Å². The van der Waals surface area contributed by atoms with Crippen LogP contribution in [-0.4, -0.2) is 146 Å². The minimum absolute atomic E-state index is 0.0710. The number of ether oxygens (including phenoxy) is 3. The molecule has 72 heavy (non-hydrogen) atoms. The van der Waals surface area contributed by atoms with Gasteiger partial charge in [-0.2, -0.15) is 0 Å². The van der Waals surface area contributed by atoms with Crippen molar-refractivity contribution in [2.75, 3.05) is 48.5 Å². The second kappa shape index (κ2) is 25.0. The summed E-state index contributed by atoms with van der Waals surface area (Å²) in [5, 5.41) is 35.1. The first-order valence-electron chi connectivity index (χ1n) is 22.7. The van der Waals surface area contributed by atoms with Gasteiger partial charge in [0.1, 0.15) is 17.9 Å². The zero-order valence-corrected chi connectivity index (χ0v) is 41.7. The van der Waals surface area contributed by atoms with Gasteiger partial charge < -0.3 is 58.6 Å². The van der Waals surface area contributed by atoms with Crippen LogP contribution in [0, 0.1) is 27.7 Å². The molecule has 0 radical (unpaired) electrons. The molecule has 3 atom stereocenters. The Morgan fingerprint density at radius 3 is 1.42 bits per heavy atom. The Labute approximate surface area is 416 Å². The van der Waals surface area contributed by atoms with E-state index in [2.05, 4.69) is 67.7 Å². The number of amides is 3. The molecule has 19 heteroatoms. The topological polar surface area (TPSA) is 247 Å². The van der Waals surface area contributed by atoms with Crippen LogP contribution in [0.2, 0.25) is 0 Å². The number of methoxy groups -OCH3 is 1. The lowest BCUT2D eigenvalue weighted by molar-refractivity contribution is -0.165. The SMILES string of the molecule is COc1ccccc1OCC1CNC(=O)O1.Cc1ccc(-c2nc3ccc(C)cn3c2CC(=O)N(C)C)cc1.Cc1ccc(-c2nc3ccc(C)cn3c2CC(=O)N(C)C)cc1.O=C(O)C(O)C(O)C(=O)O. The second-order valence-electron chi connectivity index (χ2n) is 17.3. The summed E-state index contributed by atoms with van der Waals surface area (Å²) >= 11 is 0. The highest BCUT2D eigenvalue weighted by molar-refractivity contribution is 5.83. The molecular weight excluding hydrogens is 927 g/mol. The first kappa shape index (κ1) is 54.6. The molecule has 8 rings (SSSR count). The molecule has 1 aliphatic heterocycles. The predicted octanol–water partition coefficient (Wildman–Crippen LogP) is 5.56. The number of hydrogen-bond donors (Lipinski definition) is 5. The number of aryl methyl sites for hydroxylation is 4. The Morgan fingerprint density at radius 2 is 1.06 bits per heavy atom. The van der Waals surface area contributed by atoms with Crippen LogP contribution >= 0.6 is 0 Å². The maximum Gasteiger partial charge on any atom is 0.407 e. The normalized spacial score (nSPS) is 13.4. The number of carbonyl (C=O) groups excluding carboxylic acids is 3. The van der Waals surface area contributed by atoms with Crippen molar-refractivity contribution in [1.82, 2.24) is 33.9 Å². The summed E-state index contributed by atoms with van der Waals surface area (Å²) in [6.45, 7) is 9.01. The Bertz CT molecular complexity index is 2840. The first-order chi connectivity index (χ1) is 34.2. The van der Waals surface area contributed by atoms with Gasteiger partial charge in [-0.3, -0.25) is 9.59 Å². The highest BCUT2D eigenvalue weighted by Crippen LogP contribution is 2.29. The zero-order chi connectivity index (χ0) is 52.8. The minimum atomic E-state index is -2.27. The smallest absolute Gasteiger partial charge is 0.407 e. The molecular formula is C53H61N7O12. The number of nitrogens with zero attached hydrogens (tertiary/aromatic N) is 6. The molecule has 5 N–H and O–H groups in total. The van der Waals surface area contributed by atoms with Gasteiger partial charge in [0.15, 0.2) is 29.8 Å². The van der Waals surface area contributed by atoms with Crippen LogP contribution in [0.3, 0.4) is 0 Å². The Morgan fingerprint density at radius 1 is 0.653 bits per heavy atom. The van der Waals surface area contributed by atoms with Crippen molar-refractivity contribution in [1.29, 1.82) is 0 Å². The molecule has 3 unspecified atom stereocenters. The molecule has 0 bridgehead atoms. The summed E-state index contributed by atoms with van der Waals surface area (Å²) in [7, 11) is 8.70. The number of carboxylic acids is 2. The fourth-order valence-electron chi connectivity index (χ4n) is 6.94. The van der Waals surface area contributed by atoms with Gasteiger partial charge in [-0.15, -0.1) is 0 Å². The highest BCUT2D eigenvalue weighted by atomic mass is 16.6. The van der Waals surface area contributed by atoms with Crippen molar-refractivity contribution in [3.05, 3.63) is 143 Å². The van der Waals surface area contributed by atoms with E-state index in [1.54, 1.807) is 45.1 Å². The number of pyridine rings is 2. The lowest BCUT2D eigenvalue weighted by Gasteiger charge is -2.12. The van der Waals surface area contributed by atoms with E-state index in [1.165, 1.54) is 11.1 Å². The summed E-state index contributed by atoms with van der Waals surface area (Å²) in [6.07, 6.45) is -0.417. The number of likely N-dealkylation sites (N-methyl/N-ethyl adjacent to an activating group) is 2. The van der Waals surface area contributed by atoms with Gasteiger partial charge in [-0.1, -0.05) is 83.9 Å². The fourth-order valence-corrected chi connectivity index (χ4v) is 6.94. The number of benzene rings is 3. The van der Waals surface area contributed by atoms with E-state index in [-0.39, 0.29) is 17.9 Å². The van der Waals surface area contributed by atoms with Gasteiger partial charge in [0.25, 0.3) is 0 Å². The number of fused-ring (bicyclic) bond motifs is 2. The summed E-state index contributed by atoms with van der Waals surface area (Å²) in [4.78, 5) is 67.6. The number of aliphatic hydroxyl groups is 2. The van der Waals surface area contributed by atoms with E-state index in [0.29, 0.717) is 37.5 Å². The summed E-state index contributed by atoms with van der Waals surface area (Å²) in [5.74, 6) is -2.08. The molecule has 3 aromatic carbocycles. The molecule has 0 saturated carbocycles. The number of aliphatic carboxylic acids is 2. The number of aromatic nitrogens is 4. The van der Waals surface area contributed by atoms with Crippen molar-refractivity contribution in [3.8, 4) is 34.0 Å². The van der Waals surface area contributed by atoms with Gasteiger partial charge >= 0.3 is 18.0 Å². The standard InChI is InChI=1S/2C19H21N3O.C11H13NO4.C4H6O6/c2*1-13-5-8-15(9-6-13)19-16(11-18(23)21(3)4)22-12-14(2)7-10-17(22)20-19;1-14-9-4-2-3-5-10(9)15-7-8-6-12-11(13)16-8;5-1(3(7)8)2(6)4(9)10/h2*5-10,12H,11H2,1-4H3;2-5,8H,6-7H2,1H3,(H,12,13);1-2,5-6H,(H,7,8)(H,9,10). The predicted molar refractivity (Wildman–Crippen MR) is 269 cm³/mol. The number of cyclic esters (lactones) is 1. The first-order valence-corrected chi connectivity index (χ1v) is 22.7. The lowest BCUT2D eigenvalue weighted by Crippen LogP contribution is -2.39. The number of para-hydroxylation sites is 2. The van der Waals surface area contributed by atoms with Crippen LogP contribution in [0.5, 0.6) is 11.5 Å². The number of nitrogens with one attached hydrogen (secondary N) is 1. The Hall–Kier alpha value is -8.29. The lowest BCUT2D eigenvalue weighted by atomic mass is 10.1. The number of imidazole rings is 2. The second-order valence-corrected chi connectivity index (χ2v) is 17.3. The minimum Gasteiger partial charge on any atom is -0.493 e. The van der Waals surface area contributed by atoms with Crippen LogP contribution in [0.15, 0.2) is 109 Å². The van der Waals surface area contributed by atoms with Crippen molar-refractivity contribution in [3.63, 3.8) is 0 Å². The molecule has 1 saturated heterocycles. The Balaban J connectivity index is 0.000000186. The number of hydrogen-bond acceptors (Lipinski definition) is 12. The molecule has 7 aromatic rings. The van der Waals surface area contributed by atoms with Crippen LogP contribution in [-0.2, 0) is 36.8 Å². The van der Waals surface area contributed by atoms with Crippen LogP contribution in [0.25, 0.3) is 33.8 Å². The quantitative estimate of drug-likeness (QED) is 0.0950. The van der Waals surface area contributed by atoms with E-state index in [1.807, 2.05) is 83.6 Å². The largest absolute Gasteiger partial charge is 0.493 e. The zero-order valence-electron chi connectivity index (χ0n) is 41.7. The molecule has 5 heterocycles. The molecule has 0 spiro atoms. The number of carbonyl (C=O) groups is 5. The molecule has 19 nitrogen and oxygen atoms in total. The van der Waals surface area contributed by atoms with Crippen molar-refractivity contribution in [2.45, 2.75) is 58.8 Å². The van der Waals surface area contributed by atoms with Gasteiger partial charge in [-0.05, 0) is 63.1 Å². The summed E-state index contributed by atoms with van der Waals surface area (Å²) in [6, 6.07) is 32.0. The van der Waals surface area contributed by atoms with Crippen LogP contribution in [0.1, 0.15) is 33.6 Å². The van der Waals surface area contributed by atoms with E-state index < -0.39 is 30.2 Å². The van der Waals surface area contributed by atoms with Gasteiger partial charge in [-0.25, -0.2) is 24.4 Å². The molecule has 4 aromatic heterocycles. The molecule has 380 valence electrons. The van der Waals surface area contributed by atoms with E-state index in [9.17, 15) is 24.0 Å². The van der Waals surface area contributed by atoms with E-state index in [0.717, 1.165) is 56.3 Å². The van der Waals surface area contributed by atoms with Gasteiger partial charge in [0.05, 0.1) is 49.3 Å². The van der Waals surface area contributed by atoms with Crippen LogP contribution < -0.4 is 14.8 Å². The Kier molecular flexibility index (Phi) is 19.0. The third-order valence-electron chi connectivity index (χ3n) is 11.1. The third kappa shape index (κ3) is 14.6. The van der Waals surface area contributed by atoms with Crippen molar-refractivity contribution < 1.29 is 58.6 Å². The van der Waals surface area contributed by atoms with Gasteiger partial charge in [0.2, 0.25) is 11.8 Å². The number of aliphatic hydroxyl groups excluding tert-OH is 2. The monoisotopic (exact) mass is 987 g/mol. The maximum atomic E-state index is 12.3. The third-order valence-corrected chi connectivity index (χ3v) is 11.1. The average molecular weight is 988 g/mol. The summed E-state index contributed by atoms with van der Waals surface area (Å²) < 4.78 is 19.7. The van der Waals surface area contributed by atoms with E-state index in [4.69, 9.17) is 44.6 Å². The molecule has 3 amide bonds. The molecule has 1 fully saturated rings. The molecule has 1 aliphatic rings. The molecule has 0 aliphatic carbocycles. The maximum absolute atomic E-state index is 12.3. The number of alkyl carbamates (subject to hydrolysis) is 1. The number of rotatable bonds is 13. The summed E-state index contributed by atoms with van der Waals surface area (Å²) in [5.41, 5.74) is 12.2.